The predicted molar refractivity (Wildman–Crippen MR) is 104 cm³/mol. The lowest BCUT2D eigenvalue weighted by Gasteiger charge is -2.34. The van der Waals surface area contributed by atoms with Gasteiger partial charge in [-0.1, -0.05) is 28.1 Å². The highest BCUT2D eigenvalue weighted by Gasteiger charge is 2.19. The van der Waals surface area contributed by atoms with Gasteiger partial charge in [0.15, 0.2) is 0 Å². The van der Waals surface area contributed by atoms with E-state index in [1.54, 1.807) is 0 Å². The monoisotopic (exact) mass is 407 g/mol. The first kappa shape index (κ1) is 17.6. The van der Waals surface area contributed by atoms with Crippen LogP contribution in [0.2, 0.25) is 0 Å². The Balaban J connectivity index is 1.43. The van der Waals surface area contributed by atoms with E-state index < -0.39 is 0 Å². The van der Waals surface area contributed by atoms with Crippen molar-refractivity contribution in [1.29, 1.82) is 0 Å². The lowest BCUT2D eigenvalue weighted by Crippen LogP contribution is -2.48. The summed E-state index contributed by atoms with van der Waals surface area (Å²) >= 11 is 5.31. The predicted octanol–water partition coefficient (Wildman–Crippen LogP) is 3.58. The smallest absolute Gasteiger partial charge is 0.238 e. The van der Waals surface area contributed by atoms with E-state index in [9.17, 15) is 4.79 Å². The van der Waals surface area contributed by atoms with Crippen LogP contribution in [0.3, 0.4) is 0 Å². The highest BCUT2D eigenvalue weighted by Crippen LogP contribution is 2.20. The minimum atomic E-state index is 0.0532. The minimum absolute atomic E-state index is 0.0532. The molecule has 1 N–H and O–H groups in total. The molecule has 0 atom stereocenters. The maximum atomic E-state index is 12.2. The summed E-state index contributed by atoms with van der Waals surface area (Å²) in [5.41, 5.74) is 2.00. The molecule has 128 valence electrons. The van der Waals surface area contributed by atoms with Crippen molar-refractivity contribution in [1.82, 2.24) is 9.80 Å². The van der Waals surface area contributed by atoms with Gasteiger partial charge in [-0.3, -0.25) is 14.6 Å². The molecule has 2 heterocycles. The molecular weight excluding hydrogens is 386 g/mol. The molecule has 0 unspecified atom stereocenters. The van der Waals surface area contributed by atoms with Crippen molar-refractivity contribution in [3.63, 3.8) is 0 Å². The molecule has 0 radical (unpaired) electrons. The molecule has 0 aliphatic carbocycles. The van der Waals surface area contributed by atoms with Crippen LogP contribution in [0.4, 0.5) is 5.69 Å². The molecule has 3 rings (SSSR count). The molecule has 1 fully saturated rings. The Hall–Kier alpha value is -1.21. The topological polar surface area (TPSA) is 35.6 Å². The number of nitrogens with zero attached hydrogens (tertiary/aromatic N) is 2. The van der Waals surface area contributed by atoms with Crippen LogP contribution in [-0.2, 0) is 11.3 Å². The van der Waals surface area contributed by atoms with Crippen LogP contribution in [0.5, 0.6) is 0 Å². The van der Waals surface area contributed by atoms with Gasteiger partial charge in [0.25, 0.3) is 0 Å². The molecule has 1 amide bonds. The highest BCUT2D eigenvalue weighted by molar-refractivity contribution is 9.10. The molecular formula is C18H22BrN3OS. The number of benzene rings is 1. The van der Waals surface area contributed by atoms with Crippen LogP contribution in [0.15, 0.2) is 40.2 Å². The Morgan fingerprint density at radius 3 is 2.62 bits per heavy atom. The SMILES string of the molecule is Cc1ccc(NC(=O)CN2CCN(Cc3cccs3)CC2)cc1Br. The zero-order valence-electron chi connectivity index (χ0n) is 13.8. The third-order valence-corrected chi connectivity index (χ3v) is 5.96. The van der Waals surface area contributed by atoms with Crippen molar-refractivity contribution in [2.24, 2.45) is 0 Å². The summed E-state index contributed by atoms with van der Waals surface area (Å²) in [6, 6.07) is 10.2. The number of carbonyl (C=O) groups excluding carboxylic acids is 1. The zero-order chi connectivity index (χ0) is 16.9. The Kier molecular flexibility index (Phi) is 6.05. The fourth-order valence-corrected chi connectivity index (χ4v) is 3.93. The van der Waals surface area contributed by atoms with E-state index in [1.165, 1.54) is 4.88 Å². The number of aryl methyl sites for hydroxylation is 1. The average Bonchev–Trinajstić information content (AvgIpc) is 3.06. The molecule has 1 aliphatic heterocycles. The molecule has 24 heavy (non-hydrogen) atoms. The van der Waals surface area contributed by atoms with E-state index in [4.69, 9.17) is 0 Å². The van der Waals surface area contributed by atoms with Gasteiger partial charge >= 0.3 is 0 Å². The molecule has 1 aliphatic rings. The standard InChI is InChI=1S/C18H22BrN3OS/c1-14-4-5-15(11-17(14)19)20-18(23)13-22-8-6-21(7-9-22)12-16-3-2-10-24-16/h2-5,10-11H,6-9,12-13H2,1H3,(H,20,23). The molecule has 2 aromatic rings. The molecule has 0 saturated carbocycles. The van der Waals surface area contributed by atoms with Crippen molar-refractivity contribution in [3.05, 3.63) is 50.6 Å². The second kappa shape index (κ2) is 8.25. The maximum Gasteiger partial charge on any atom is 0.238 e. The highest BCUT2D eigenvalue weighted by atomic mass is 79.9. The third kappa shape index (κ3) is 4.89. The van der Waals surface area contributed by atoms with E-state index in [0.29, 0.717) is 6.54 Å². The number of carbonyl (C=O) groups is 1. The normalized spacial score (nSPS) is 16.2. The van der Waals surface area contributed by atoms with Crippen molar-refractivity contribution in [2.45, 2.75) is 13.5 Å². The first-order chi connectivity index (χ1) is 11.6. The summed E-state index contributed by atoms with van der Waals surface area (Å²) in [6.07, 6.45) is 0. The lowest BCUT2D eigenvalue weighted by molar-refractivity contribution is -0.117. The Labute approximate surface area is 155 Å². The van der Waals surface area contributed by atoms with Crippen molar-refractivity contribution in [2.75, 3.05) is 38.0 Å². The largest absolute Gasteiger partial charge is 0.325 e. The summed E-state index contributed by atoms with van der Waals surface area (Å²) in [7, 11) is 0. The van der Waals surface area contributed by atoms with E-state index in [-0.39, 0.29) is 5.91 Å². The fourth-order valence-electron chi connectivity index (χ4n) is 2.80. The second-order valence-electron chi connectivity index (χ2n) is 6.14. The van der Waals surface area contributed by atoms with Crippen LogP contribution in [-0.4, -0.2) is 48.4 Å². The van der Waals surface area contributed by atoms with Crippen molar-refractivity contribution >= 4 is 38.9 Å². The summed E-state index contributed by atoms with van der Waals surface area (Å²) in [5.74, 6) is 0.0532. The van der Waals surface area contributed by atoms with Crippen molar-refractivity contribution < 1.29 is 4.79 Å². The molecule has 1 saturated heterocycles. The first-order valence-electron chi connectivity index (χ1n) is 8.13. The number of rotatable bonds is 5. The molecule has 6 heteroatoms. The van der Waals surface area contributed by atoms with Crippen LogP contribution in [0, 0.1) is 6.92 Å². The van der Waals surface area contributed by atoms with E-state index in [2.05, 4.69) is 48.6 Å². The molecule has 1 aromatic heterocycles. The van der Waals surface area contributed by atoms with Gasteiger partial charge in [0, 0.05) is 47.8 Å². The van der Waals surface area contributed by atoms with Gasteiger partial charge < -0.3 is 5.32 Å². The van der Waals surface area contributed by atoms with Gasteiger partial charge in [-0.05, 0) is 36.1 Å². The van der Waals surface area contributed by atoms with E-state index in [0.717, 1.165) is 48.4 Å². The third-order valence-electron chi connectivity index (χ3n) is 4.25. The maximum absolute atomic E-state index is 12.2. The number of halogens is 1. The molecule has 0 bridgehead atoms. The number of hydrogen-bond acceptors (Lipinski definition) is 4. The van der Waals surface area contributed by atoms with Crippen LogP contribution in [0.1, 0.15) is 10.4 Å². The van der Waals surface area contributed by atoms with Crippen LogP contribution >= 0.6 is 27.3 Å². The van der Waals surface area contributed by atoms with Gasteiger partial charge in [0.2, 0.25) is 5.91 Å². The zero-order valence-corrected chi connectivity index (χ0v) is 16.2. The Morgan fingerprint density at radius 2 is 1.96 bits per heavy atom. The number of nitrogens with one attached hydrogen (secondary N) is 1. The minimum Gasteiger partial charge on any atom is -0.325 e. The van der Waals surface area contributed by atoms with Crippen LogP contribution < -0.4 is 5.32 Å². The summed E-state index contributed by atoms with van der Waals surface area (Å²) in [6.45, 7) is 7.42. The van der Waals surface area contributed by atoms with Gasteiger partial charge in [0.05, 0.1) is 6.54 Å². The van der Waals surface area contributed by atoms with E-state index >= 15 is 0 Å². The number of thiophene rings is 1. The number of hydrogen-bond donors (Lipinski definition) is 1. The fraction of sp³-hybridized carbons (Fsp3) is 0.389. The Bertz CT molecular complexity index is 682. The van der Waals surface area contributed by atoms with Gasteiger partial charge in [-0.2, -0.15) is 0 Å². The second-order valence-corrected chi connectivity index (χ2v) is 8.03. The average molecular weight is 408 g/mol. The van der Waals surface area contributed by atoms with Crippen molar-refractivity contribution in [3.8, 4) is 0 Å². The van der Waals surface area contributed by atoms with Gasteiger partial charge in [0.1, 0.15) is 0 Å². The Morgan fingerprint density at radius 1 is 1.21 bits per heavy atom. The number of piperazine rings is 1. The summed E-state index contributed by atoms with van der Waals surface area (Å²) in [4.78, 5) is 18.3. The first-order valence-corrected chi connectivity index (χ1v) is 9.80. The number of amides is 1. The lowest BCUT2D eigenvalue weighted by atomic mass is 10.2. The number of anilines is 1. The van der Waals surface area contributed by atoms with Gasteiger partial charge in [-0.25, -0.2) is 0 Å². The molecule has 1 aromatic carbocycles. The molecule has 4 nitrogen and oxygen atoms in total. The molecule has 0 spiro atoms. The van der Waals surface area contributed by atoms with Gasteiger partial charge in [-0.15, -0.1) is 11.3 Å². The summed E-state index contributed by atoms with van der Waals surface area (Å²) < 4.78 is 1.02. The summed E-state index contributed by atoms with van der Waals surface area (Å²) in [5, 5.41) is 5.11. The van der Waals surface area contributed by atoms with Crippen LogP contribution in [0.25, 0.3) is 0 Å². The quantitative estimate of drug-likeness (QED) is 0.822. The van der Waals surface area contributed by atoms with E-state index in [1.807, 2.05) is 36.5 Å².